The van der Waals surface area contributed by atoms with Gasteiger partial charge in [0, 0.05) is 11.6 Å². The molecule has 1 aromatic carbocycles. The minimum atomic E-state index is -0.350. The van der Waals surface area contributed by atoms with Gasteiger partial charge in [-0.3, -0.25) is 4.79 Å². The molecule has 0 aliphatic heterocycles. The molecule has 1 amide bonds. The lowest BCUT2D eigenvalue weighted by molar-refractivity contribution is 0.102. The highest BCUT2D eigenvalue weighted by Gasteiger charge is 2.09. The normalized spacial score (nSPS) is 10.1. The summed E-state index contributed by atoms with van der Waals surface area (Å²) < 4.78 is 17.5. The number of hydrogen-bond donors (Lipinski definition) is 1. The van der Waals surface area contributed by atoms with Crippen molar-refractivity contribution in [1.82, 2.24) is 5.16 Å². The van der Waals surface area contributed by atoms with E-state index in [1.807, 2.05) is 0 Å². The van der Waals surface area contributed by atoms with Crippen molar-refractivity contribution >= 4 is 11.7 Å². The van der Waals surface area contributed by atoms with Crippen LogP contribution in [-0.4, -0.2) is 11.1 Å². The summed E-state index contributed by atoms with van der Waals surface area (Å²) in [7, 11) is 0. The predicted molar refractivity (Wildman–Crippen MR) is 55.6 cm³/mol. The van der Waals surface area contributed by atoms with Crippen LogP contribution < -0.4 is 5.32 Å². The van der Waals surface area contributed by atoms with Crippen LogP contribution in [0.25, 0.3) is 0 Å². The number of aromatic nitrogens is 1. The molecule has 0 radical (unpaired) electrons. The van der Waals surface area contributed by atoms with Gasteiger partial charge < -0.3 is 9.84 Å². The summed E-state index contributed by atoms with van der Waals surface area (Å²) in [5.74, 6) is -0.359. The number of aryl methyl sites for hydroxylation is 1. The Morgan fingerprint density at radius 3 is 2.88 bits per heavy atom. The number of amides is 1. The minimum absolute atomic E-state index is 0.326. The highest BCUT2D eigenvalue weighted by Crippen LogP contribution is 2.11. The highest BCUT2D eigenvalue weighted by atomic mass is 19.1. The van der Waals surface area contributed by atoms with Crippen LogP contribution >= 0.6 is 0 Å². The van der Waals surface area contributed by atoms with Gasteiger partial charge in [0.05, 0.1) is 0 Å². The van der Waals surface area contributed by atoms with Gasteiger partial charge >= 0.3 is 0 Å². The van der Waals surface area contributed by atoms with Crippen LogP contribution in [0.3, 0.4) is 0 Å². The van der Waals surface area contributed by atoms with Crippen molar-refractivity contribution in [2.75, 3.05) is 5.32 Å². The first kappa shape index (κ1) is 10.4. The number of halogens is 1. The van der Waals surface area contributed by atoms with E-state index in [4.69, 9.17) is 0 Å². The van der Waals surface area contributed by atoms with Gasteiger partial charge in [0.15, 0.2) is 5.82 Å². The van der Waals surface area contributed by atoms with Gasteiger partial charge in [0.25, 0.3) is 5.91 Å². The van der Waals surface area contributed by atoms with E-state index in [2.05, 4.69) is 15.0 Å². The summed E-state index contributed by atoms with van der Waals surface area (Å²) >= 11 is 0. The Balaban J connectivity index is 2.18. The number of anilines is 1. The van der Waals surface area contributed by atoms with Crippen LogP contribution in [0.1, 0.15) is 15.9 Å². The van der Waals surface area contributed by atoms with Gasteiger partial charge in [-0.15, -0.1) is 0 Å². The molecule has 82 valence electrons. The zero-order chi connectivity index (χ0) is 11.5. The fourth-order valence-corrected chi connectivity index (χ4v) is 1.25. The molecule has 1 heterocycles. The lowest BCUT2D eigenvalue weighted by Crippen LogP contribution is -2.12. The van der Waals surface area contributed by atoms with Crippen LogP contribution in [0.4, 0.5) is 10.2 Å². The molecule has 0 unspecified atom stereocenters. The topological polar surface area (TPSA) is 55.1 Å². The Morgan fingerprint density at radius 1 is 1.44 bits per heavy atom. The molecule has 16 heavy (non-hydrogen) atoms. The molecule has 0 atom stereocenters. The molecule has 5 heteroatoms. The molecular weight excluding hydrogens is 211 g/mol. The van der Waals surface area contributed by atoms with Gasteiger partial charge in [-0.05, 0) is 30.7 Å². The maximum atomic E-state index is 13.0. The third-order valence-electron chi connectivity index (χ3n) is 2.10. The summed E-state index contributed by atoms with van der Waals surface area (Å²) in [5, 5.41) is 6.06. The van der Waals surface area contributed by atoms with E-state index in [0.717, 1.165) is 0 Å². The molecule has 2 aromatic rings. The molecule has 4 nitrogen and oxygen atoms in total. The Bertz CT molecular complexity index is 509. The number of carbonyl (C=O) groups is 1. The summed E-state index contributed by atoms with van der Waals surface area (Å²) in [6, 6.07) is 5.67. The second-order valence-corrected chi connectivity index (χ2v) is 3.30. The highest BCUT2D eigenvalue weighted by molar-refractivity contribution is 6.03. The SMILES string of the molecule is Cc1cc(C(=O)Nc2ccon2)ccc1F. The van der Waals surface area contributed by atoms with Gasteiger partial charge in [-0.2, -0.15) is 0 Å². The summed E-state index contributed by atoms with van der Waals surface area (Å²) in [5.41, 5.74) is 0.801. The van der Waals surface area contributed by atoms with Crippen LogP contribution in [0.15, 0.2) is 35.1 Å². The van der Waals surface area contributed by atoms with Crippen molar-refractivity contribution in [3.05, 3.63) is 47.5 Å². The van der Waals surface area contributed by atoms with E-state index < -0.39 is 0 Å². The Kier molecular flexibility index (Phi) is 2.68. The van der Waals surface area contributed by atoms with Crippen LogP contribution in [0.2, 0.25) is 0 Å². The molecule has 0 saturated carbocycles. The van der Waals surface area contributed by atoms with Gasteiger partial charge in [-0.25, -0.2) is 4.39 Å². The first-order valence-corrected chi connectivity index (χ1v) is 4.65. The van der Waals surface area contributed by atoms with Gasteiger partial charge in [0.2, 0.25) is 0 Å². The molecule has 2 rings (SSSR count). The number of carbonyl (C=O) groups excluding carboxylic acids is 1. The van der Waals surface area contributed by atoms with E-state index in [0.29, 0.717) is 16.9 Å². The van der Waals surface area contributed by atoms with E-state index in [1.54, 1.807) is 6.92 Å². The largest absolute Gasteiger partial charge is 0.363 e. The van der Waals surface area contributed by atoms with Crippen LogP contribution in [-0.2, 0) is 0 Å². The van der Waals surface area contributed by atoms with Gasteiger partial charge in [0.1, 0.15) is 12.1 Å². The third kappa shape index (κ3) is 2.08. The van der Waals surface area contributed by atoms with Crippen LogP contribution in [0.5, 0.6) is 0 Å². The number of nitrogens with one attached hydrogen (secondary N) is 1. The maximum Gasteiger partial charge on any atom is 0.256 e. The molecule has 0 saturated heterocycles. The first-order chi connectivity index (χ1) is 7.66. The maximum absolute atomic E-state index is 13.0. The summed E-state index contributed by atoms with van der Waals surface area (Å²) in [6.07, 6.45) is 1.35. The lowest BCUT2D eigenvalue weighted by atomic mass is 10.1. The molecule has 1 N–H and O–H groups in total. The van der Waals surface area contributed by atoms with E-state index >= 15 is 0 Å². The van der Waals surface area contributed by atoms with Crippen molar-refractivity contribution in [3.8, 4) is 0 Å². The predicted octanol–water partition coefficient (Wildman–Crippen LogP) is 2.37. The molecule has 0 spiro atoms. The molecule has 0 bridgehead atoms. The fraction of sp³-hybridized carbons (Fsp3) is 0.0909. The van der Waals surface area contributed by atoms with Crippen molar-refractivity contribution in [3.63, 3.8) is 0 Å². The Hall–Kier alpha value is -2.17. The van der Waals surface area contributed by atoms with Crippen molar-refractivity contribution in [2.45, 2.75) is 6.92 Å². The standard InChI is InChI=1S/C11H9FN2O2/c1-7-6-8(2-3-9(7)12)11(15)13-10-4-5-16-14-10/h2-6H,1H3,(H,13,14,15). The number of hydrogen-bond acceptors (Lipinski definition) is 3. The zero-order valence-corrected chi connectivity index (χ0v) is 8.53. The molecular formula is C11H9FN2O2. The average Bonchev–Trinajstić information content (AvgIpc) is 2.74. The fourth-order valence-electron chi connectivity index (χ4n) is 1.25. The quantitative estimate of drug-likeness (QED) is 0.845. The van der Waals surface area contributed by atoms with Crippen molar-refractivity contribution in [1.29, 1.82) is 0 Å². The second-order valence-electron chi connectivity index (χ2n) is 3.30. The van der Waals surface area contributed by atoms with E-state index in [1.165, 1.54) is 30.5 Å². The monoisotopic (exact) mass is 220 g/mol. The first-order valence-electron chi connectivity index (χ1n) is 4.65. The summed E-state index contributed by atoms with van der Waals surface area (Å²) in [6.45, 7) is 1.60. The summed E-state index contributed by atoms with van der Waals surface area (Å²) in [4.78, 5) is 11.7. The van der Waals surface area contributed by atoms with Crippen molar-refractivity contribution < 1.29 is 13.7 Å². The molecule has 0 fully saturated rings. The lowest BCUT2D eigenvalue weighted by Gasteiger charge is -2.02. The number of rotatable bonds is 2. The average molecular weight is 220 g/mol. The smallest absolute Gasteiger partial charge is 0.256 e. The molecule has 0 aliphatic carbocycles. The van der Waals surface area contributed by atoms with Crippen LogP contribution in [0, 0.1) is 12.7 Å². The van der Waals surface area contributed by atoms with Crippen molar-refractivity contribution in [2.24, 2.45) is 0 Å². The minimum Gasteiger partial charge on any atom is -0.363 e. The molecule has 1 aromatic heterocycles. The van der Waals surface area contributed by atoms with E-state index in [9.17, 15) is 9.18 Å². The number of benzene rings is 1. The Morgan fingerprint density at radius 2 is 2.25 bits per heavy atom. The Labute approximate surface area is 91.1 Å². The second kappa shape index (κ2) is 4.14. The van der Waals surface area contributed by atoms with E-state index in [-0.39, 0.29) is 11.7 Å². The zero-order valence-electron chi connectivity index (χ0n) is 8.53. The number of nitrogens with zero attached hydrogens (tertiary/aromatic N) is 1. The van der Waals surface area contributed by atoms with Gasteiger partial charge in [-0.1, -0.05) is 5.16 Å². The third-order valence-corrected chi connectivity index (χ3v) is 2.10. The molecule has 0 aliphatic rings.